The Balaban J connectivity index is 2.16. The van der Waals surface area contributed by atoms with Crippen LogP contribution in [0.5, 0.6) is 0 Å². The van der Waals surface area contributed by atoms with Crippen LogP contribution in [0.4, 0.5) is 5.69 Å². The molecule has 0 atom stereocenters. The first-order chi connectivity index (χ1) is 5.34. The van der Waals surface area contributed by atoms with Crippen molar-refractivity contribution in [1.82, 2.24) is 0 Å². The van der Waals surface area contributed by atoms with E-state index in [1.807, 2.05) is 12.1 Å². The summed E-state index contributed by atoms with van der Waals surface area (Å²) in [5.74, 6) is 0.843. The summed E-state index contributed by atoms with van der Waals surface area (Å²) >= 11 is 0. The van der Waals surface area contributed by atoms with Crippen molar-refractivity contribution in [2.75, 3.05) is 5.32 Å². The molecule has 0 saturated carbocycles. The Bertz CT molecular complexity index is 304. The maximum absolute atomic E-state index is 4.83. The van der Waals surface area contributed by atoms with Gasteiger partial charge in [0.25, 0.3) is 0 Å². The zero-order valence-corrected chi connectivity index (χ0v) is 6.29. The van der Waals surface area contributed by atoms with E-state index in [1.54, 1.807) is 6.26 Å². The van der Waals surface area contributed by atoms with Crippen molar-refractivity contribution < 1.29 is 4.74 Å². The standard InChI is InChI=1S/C9H9NO/c1-7-3-2-4-8(5-7)10-9-6-11-9/h2-6,10H,1H3. The van der Waals surface area contributed by atoms with Gasteiger partial charge in [0.2, 0.25) is 5.88 Å². The van der Waals surface area contributed by atoms with Crippen LogP contribution < -0.4 is 5.32 Å². The molecule has 0 fully saturated rings. The summed E-state index contributed by atoms with van der Waals surface area (Å²) in [5, 5.41) is 3.10. The molecule has 1 aromatic carbocycles. The number of hydrogen-bond donors (Lipinski definition) is 1. The van der Waals surface area contributed by atoms with Gasteiger partial charge in [-0.3, -0.25) is 0 Å². The highest BCUT2D eigenvalue weighted by molar-refractivity contribution is 5.50. The van der Waals surface area contributed by atoms with Gasteiger partial charge in [-0.1, -0.05) is 12.1 Å². The average Bonchev–Trinajstić information content (AvgIpc) is 2.71. The maximum atomic E-state index is 4.83. The van der Waals surface area contributed by atoms with Crippen LogP contribution in [0.2, 0.25) is 0 Å². The van der Waals surface area contributed by atoms with Crippen LogP contribution in [0, 0.1) is 6.92 Å². The summed E-state index contributed by atoms with van der Waals surface area (Å²) < 4.78 is 4.83. The topological polar surface area (TPSA) is 24.6 Å². The van der Waals surface area contributed by atoms with Gasteiger partial charge >= 0.3 is 0 Å². The number of anilines is 1. The average molecular weight is 147 g/mol. The Kier molecular flexibility index (Phi) is 1.32. The third kappa shape index (κ3) is 1.52. The molecule has 2 nitrogen and oxygen atoms in total. The van der Waals surface area contributed by atoms with Gasteiger partial charge in [-0.15, -0.1) is 0 Å². The summed E-state index contributed by atoms with van der Waals surface area (Å²) in [6.45, 7) is 2.06. The second-order valence-corrected chi connectivity index (χ2v) is 2.59. The van der Waals surface area contributed by atoms with E-state index in [1.165, 1.54) is 5.56 Å². The summed E-state index contributed by atoms with van der Waals surface area (Å²) in [7, 11) is 0. The molecule has 0 amide bonds. The lowest BCUT2D eigenvalue weighted by molar-refractivity contribution is 0.507. The lowest BCUT2D eigenvalue weighted by Crippen LogP contribution is -1.89. The smallest absolute Gasteiger partial charge is 0.233 e. The molecule has 0 aliphatic carbocycles. The summed E-state index contributed by atoms with van der Waals surface area (Å²) in [4.78, 5) is 0. The van der Waals surface area contributed by atoms with Gasteiger partial charge in [-0.05, 0) is 24.6 Å². The van der Waals surface area contributed by atoms with E-state index in [0.717, 1.165) is 11.6 Å². The molecular weight excluding hydrogens is 138 g/mol. The minimum absolute atomic E-state index is 0.843. The molecule has 1 aliphatic heterocycles. The molecule has 1 N–H and O–H groups in total. The molecule has 0 aromatic heterocycles. The van der Waals surface area contributed by atoms with E-state index >= 15 is 0 Å². The third-order valence-electron chi connectivity index (χ3n) is 1.52. The van der Waals surface area contributed by atoms with Crippen molar-refractivity contribution in [1.29, 1.82) is 0 Å². The molecule has 0 radical (unpaired) electrons. The van der Waals surface area contributed by atoms with Crippen molar-refractivity contribution in [3.8, 4) is 0 Å². The fraction of sp³-hybridized carbons (Fsp3) is 0.111. The van der Waals surface area contributed by atoms with Gasteiger partial charge in [0.1, 0.15) is 0 Å². The predicted octanol–water partition coefficient (Wildman–Crippen LogP) is 2.24. The summed E-state index contributed by atoms with van der Waals surface area (Å²) in [5.41, 5.74) is 2.32. The molecule has 2 heteroatoms. The monoisotopic (exact) mass is 147 g/mol. The number of benzene rings is 1. The first-order valence-corrected chi connectivity index (χ1v) is 3.55. The van der Waals surface area contributed by atoms with Crippen LogP contribution in [0.1, 0.15) is 5.56 Å². The molecule has 0 unspecified atom stereocenters. The van der Waals surface area contributed by atoms with Gasteiger partial charge in [0, 0.05) is 5.69 Å². The highest BCUT2D eigenvalue weighted by Crippen LogP contribution is 2.18. The highest BCUT2D eigenvalue weighted by atomic mass is 16.6. The Morgan fingerprint density at radius 1 is 1.36 bits per heavy atom. The first-order valence-electron chi connectivity index (χ1n) is 3.55. The fourth-order valence-corrected chi connectivity index (χ4v) is 0.953. The second kappa shape index (κ2) is 2.31. The third-order valence-corrected chi connectivity index (χ3v) is 1.52. The Morgan fingerprint density at radius 3 is 2.82 bits per heavy atom. The molecule has 0 spiro atoms. The van der Waals surface area contributed by atoms with Crippen LogP contribution in [0.15, 0.2) is 36.4 Å². The first kappa shape index (κ1) is 6.28. The molecule has 56 valence electrons. The molecule has 1 aliphatic rings. The van der Waals surface area contributed by atoms with Gasteiger partial charge < -0.3 is 10.1 Å². The lowest BCUT2D eigenvalue weighted by Gasteiger charge is -1.99. The molecule has 11 heavy (non-hydrogen) atoms. The SMILES string of the molecule is Cc1cccc(NC2=CO2)c1. The van der Waals surface area contributed by atoms with Gasteiger partial charge in [-0.2, -0.15) is 0 Å². The van der Waals surface area contributed by atoms with Gasteiger partial charge in [-0.25, -0.2) is 0 Å². The highest BCUT2D eigenvalue weighted by Gasteiger charge is 2.08. The maximum Gasteiger partial charge on any atom is 0.233 e. The fourth-order valence-electron chi connectivity index (χ4n) is 0.953. The van der Waals surface area contributed by atoms with Crippen LogP contribution in [-0.2, 0) is 4.74 Å². The van der Waals surface area contributed by atoms with E-state index in [-0.39, 0.29) is 0 Å². The molecule has 2 rings (SSSR count). The van der Waals surface area contributed by atoms with Crippen molar-refractivity contribution in [3.63, 3.8) is 0 Å². The normalized spacial score (nSPS) is 13.4. The number of hydrogen-bond acceptors (Lipinski definition) is 2. The van der Waals surface area contributed by atoms with Crippen LogP contribution in [-0.4, -0.2) is 0 Å². The van der Waals surface area contributed by atoms with E-state index in [4.69, 9.17) is 4.74 Å². The van der Waals surface area contributed by atoms with Crippen LogP contribution in [0.25, 0.3) is 0 Å². The van der Waals surface area contributed by atoms with E-state index in [0.29, 0.717) is 0 Å². The van der Waals surface area contributed by atoms with E-state index in [2.05, 4.69) is 24.4 Å². The summed E-state index contributed by atoms with van der Waals surface area (Å²) in [6.07, 6.45) is 1.68. The van der Waals surface area contributed by atoms with E-state index in [9.17, 15) is 0 Å². The molecule has 1 heterocycles. The van der Waals surface area contributed by atoms with Crippen molar-refractivity contribution in [2.45, 2.75) is 6.92 Å². The van der Waals surface area contributed by atoms with Crippen molar-refractivity contribution in [2.24, 2.45) is 0 Å². The number of aryl methyl sites for hydroxylation is 1. The predicted molar refractivity (Wildman–Crippen MR) is 44.0 cm³/mol. The van der Waals surface area contributed by atoms with Crippen molar-refractivity contribution >= 4 is 5.69 Å². The molecule has 1 aromatic rings. The van der Waals surface area contributed by atoms with Gasteiger partial charge in [0.05, 0.1) is 0 Å². The van der Waals surface area contributed by atoms with Crippen LogP contribution >= 0.6 is 0 Å². The van der Waals surface area contributed by atoms with E-state index < -0.39 is 0 Å². The minimum Gasteiger partial charge on any atom is -0.440 e. The number of rotatable bonds is 2. The zero-order valence-electron chi connectivity index (χ0n) is 6.29. The molecular formula is C9H9NO. The lowest BCUT2D eigenvalue weighted by atomic mass is 10.2. The Labute approximate surface area is 65.5 Å². The molecule has 0 saturated heterocycles. The second-order valence-electron chi connectivity index (χ2n) is 2.59. The quantitative estimate of drug-likeness (QED) is 0.693. The van der Waals surface area contributed by atoms with Crippen molar-refractivity contribution in [3.05, 3.63) is 42.0 Å². The molecule has 0 bridgehead atoms. The largest absolute Gasteiger partial charge is 0.440 e. The summed E-state index contributed by atoms with van der Waals surface area (Å²) in [6, 6.07) is 8.16. The van der Waals surface area contributed by atoms with Gasteiger partial charge in [0.15, 0.2) is 6.26 Å². The van der Waals surface area contributed by atoms with Crippen LogP contribution in [0.3, 0.4) is 0 Å². The zero-order chi connectivity index (χ0) is 7.68. The Hall–Kier alpha value is -1.44. The minimum atomic E-state index is 0.843. The Morgan fingerprint density at radius 2 is 2.18 bits per heavy atom. The number of nitrogens with one attached hydrogen (secondary N) is 1. The number of ether oxygens (including phenoxy) is 1.